The van der Waals surface area contributed by atoms with Gasteiger partial charge in [-0.2, -0.15) is 0 Å². The number of hydrogen-bond donors (Lipinski definition) is 1. The van der Waals surface area contributed by atoms with E-state index in [9.17, 15) is 4.79 Å². The number of thiazole rings is 1. The Hall–Kier alpha value is -0.940. The fourth-order valence-corrected chi connectivity index (χ4v) is 2.68. The van der Waals surface area contributed by atoms with Crippen LogP contribution in [-0.2, 0) is 0 Å². The van der Waals surface area contributed by atoms with Gasteiger partial charge in [0.15, 0.2) is 0 Å². The van der Waals surface area contributed by atoms with E-state index in [1.165, 1.54) is 11.3 Å². The van der Waals surface area contributed by atoms with Gasteiger partial charge in [0.25, 0.3) is 5.91 Å². The molecule has 1 N–H and O–H groups in total. The molecule has 2 rings (SSSR count). The Morgan fingerprint density at radius 2 is 2.50 bits per heavy atom. The number of aromatic nitrogens is 1. The fraction of sp³-hybridized carbons (Fsp3) is 0.636. The van der Waals surface area contributed by atoms with Crippen LogP contribution in [0.3, 0.4) is 0 Å². The third kappa shape index (κ3) is 2.25. The van der Waals surface area contributed by atoms with Crippen LogP contribution in [0, 0.1) is 0 Å². The Balaban J connectivity index is 2.16. The summed E-state index contributed by atoms with van der Waals surface area (Å²) in [5.41, 5.74) is 2.28. The first-order valence-corrected chi connectivity index (χ1v) is 6.56. The number of carbonyl (C=O) groups excluding carboxylic acids is 1. The molecule has 0 aliphatic carbocycles. The fourth-order valence-electron chi connectivity index (χ4n) is 2.15. The standard InChI is InChI=1S/C11H17N3OS/c1-8(2)14(9-3-4-12-5-9)11(15)10-6-16-7-13-10/h6-9,12H,3-5H2,1-2H3. The molecule has 2 heterocycles. The van der Waals surface area contributed by atoms with Gasteiger partial charge in [0.05, 0.1) is 5.51 Å². The molecule has 1 aromatic rings. The van der Waals surface area contributed by atoms with Crippen LogP contribution in [0.2, 0.25) is 0 Å². The van der Waals surface area contributed by atoms with Gasteiger partial charge >= 0.3 is 0 Å². The third-order valence-corrected chi connectivity index (χ3v) is 3.46. The van der Waals surface area contributed by atoms with Crippen LogP contribution in [0.5, 0.6) is 0 Å². The third-order valence-electron chi connectivity index (χ3n) is 2.87. The molecule has 1 unspecified atom stereocenters. The van der Waals surface area contributed by atoms with E-state index in [0.717, 1.165) is 19.5 Å². The van der Waals surface area contributed by atoms with Crippen molar-refractivity contribution in [2.45, 2.75) is 32.4 Å². The summed E-state index contributed by atoms with van der Waals surface area (Å²) in [5.74, 6) is 0.0601. The second kappa shape index (κ2) is 4.93. The molecule has 1 aliphatic rings. The highest BCUT2D eigenvalue weighted by Crippen LogP contribution is 2.16. The minimum absolute atomic E-state index is 0.0601. The van der Waals surface area contributed by atoms with Crippen molar-refractivity contribution in [1.82, 2.24) is 15.2 Å². The molecule has 0 spiro atoms. The molecule has 88 valence electrons. The van der Waals surface area contributed by atoms with Crippen molar-refractivity contribution in [2.24, 2.45) is 0 Å². The van der Waals surface area contributed by atoms with Crippen molar-refractivity contribution in [3.63, 3.8) is 0 Å². The largest absolute Gasteiger partial charge is 0.331 e. The molecular weight excluding hydrogens is 222 g/mol. The van der Waals surface area contributed by atoms with E-state index < -0.39 is 0 Å². The molecule has 0 saturated carbocycles. The van der Waals surface area contributed by atoms with Gasteiger partial charge < -0.3 is 10.2 Å². The number of hydrogen-bond acceptors (Lipinski definition) is 4. The molecule has 0 aromatic carbocycles. The van der Waals surface area contributed by atoms with Crippen molar-refractivity contribution >= 4 is 17.2 Å². The van der Waals surface area contributed by atoms with E-state index in [2.05, 4.69) is 24.1 Å². The number of nitrogens with zero attached hydrogens (tertiary/aromatic N) is 2. The van der Waals surface area contributed by atoms with Crippen LogP contribution in [0.1, 0.15) is 30.8 Å². The second-order valence-electron chi connectivity index (χ2n) is 4.33. The van der Waals surface area contributed by atoms with E-state index in [1.807, 2.05) is 10.3 Å². The summed E-state index contributed by atoms with van der Waals surface area (Å²) >= 11 is 1.47. The molecule has 16 heavy (non-hydrogen) atoms. The van der Waals surface area contributed by atoms with Gasteiger partial charge in [-0.05, 0) is 26.8 Å². The van der Waals surface area contributed by atoms with E-state index in [4.69, 9.17) is 0 Å². The lowest BCUT2D eigenvalue weighted by atomic mass is 10.1. The summed E-state index contributed by atoms with van der Waals surface area (Å²) in [5, 5.41) is 5.12. The van der Waals surface area contributed by atoms with E-state index >= 15 is 0 Å². The molecule has 5 heteroatoms. The molecule has 1 amide bonds. The number of nitrogens with one attached hydrogen (secondary N) is 1. The Morgan fingerprint density at radius 1 is 1.69 bits per heavy atom. The number of carbonyl (C=O) groups is 1. The van der Waals surface area contributed by atoms with Gasteiger partial charge in [-0.1, -0.05) is 0 Å². The monoisotopic (exact) mass is 239 g/mol. The van der Waals surface area contributed by atoms with Gasteiger partial charge in [-0.15, -0.1) is 11.3 Å². The van der Waals surface area contributed by atoms with Crippen molar-refractivity contribution in [1.29, 1.82) is 0 Å². The van der Waals surface area contributed by atoms with Gasteiger partial charge in [0.2, 0.25) is 0 Å². The van der Waals surface area contributed by atoms with Crippen molar-refractivity contribution < 1.29 is 4.79 Å². The lowest BCUT2D eigenvalue weighted by molar-refractivity contribution is 0.0621. The van der Waals surface area contributed by atoms with Gasteiger partial charge in [0.1, 0.15) is 5.69 Å². The minimum Gasteiger partial charge on any atom is -0.331 e. The summed E-state index contributed by atoms with van der Waals surface area (Å²) in [6.07, 6.45) is 1.04. The Kier molecular flexibility index (Phi) is 3.56. The van der Waals surface area contributed by atoms with Crippen molar-refractivity contribution in [3.05, 3.63) is 16.6 Å². The van der Waals surface area contributed by atoms with Crippen LogP contribution in [0.25, 0.3) is 0 Å². The summed E-state index contributed by atoms with van der Waals surface area (Å²) in [7, 11) is 0. The zero-order chi connectivity index (χ0) is 11.5. The summed E-state index contributed by atoms with van der Waals surface area (Å²) < 4.78 is 0. The second-order valence-corrected chi connectivity index (χ2v) is 5.05. The quantitative estimate of drug-likeness (QED) is 0.866. The van der Waals surface area contributed by atoms with E-state index in [-0.39, 0.29) is 11.9 Å². The first kappa shape index (κ1) is 11.5. The van der Waals surface area contributed by atoms with Gasteiger partial charge in [-0.3, -0.25) is 4.79 Å². The maximum atomic E-state index is 12.3. The molecule has 4 nitrogen and oxygen atoms in total. The molecule has 1 saturated heterocycles. The van der Waals surface area contributed by atoms with Crippen LogP contribution in [0.4, 0.5) is 0 Å². The predicted octanol–water partition coefficient (Wildman–Crippen LogP) is 1.36. The zero-order valence-corrected chi connectivity index (χ0v) is 10.5. The maximum absolute atomic E-state index is 12.3. The number of amides is 1. The zero-order valence-electron chi connectivity index (χ0n) is 9.64. The summed E-state index contributed by atoms with van der Waals surface area (Å²) in [6, 6.07) is 0.535. The van der Waals surface area contributed by atoms with Crippen LogP contribution >= 0.6 is 11.3 Å². The highest BCUT2D eigenvalue weighted by atomic mass is 32.1. The lowest BCUT2D eigenvalue weighted by Gasteiger charge is -2.31. The van der Waals surface area contributed by atoms with Gasteiger partial charge in [0, 0.05) is 24.0 Å². The molecule has 0 bridgehead atoms. The van der Waals surface area contributed by atoms with Crippen molar-refractivity contribution in [3.8, 4) is 0 Å². The lowest BCUT2D eigenvalue weighted by Crippen LogP contribution is -2.46. The average molecular weight is 239 g/mol. The molecular formula is C11H17N3OS. The maximum Gasteiger partial charge on any atom is 0.273 e. The summed E-state index contributed by atoms with van der Waals surface area (Å²) in [4.78, 5) is 18.3. The smallest absolute Gasteiger partial charge is 0.273 e. The van der Waals surface area contributed by atoms with E-state index in [0.29, 0.717) is 11.7 Å². The average Bonchev–Trinajstić information content (AvgIpc) is 2.89. The van der Waals surface area contributed by atoms with Crippen molar-refractivity contribution in [2.75, 3.05) is 13.1 Å². The highest BCUT2D eigenvalue weighted by Gasteiger charge is 2.29. The predicted molar refractivity (Wildman–Crippen MR) is 64.7 cm³/mol. The molecule has 0 radical (unpaired) electrons. The Labute approximate surface area is 99.7 Å². The number of rotatable bonds is 3. The SMILES string of the molecule is CC(C)N(C(=O)c1cscn1)C1CCNC1. The first-order valence-electron chi connectivity index (χ1n) is 5.61. The topological polar surface area (TPSA) is 45.2 Å². The minimum atomic E-state index is 0.0601. The van der Waals surface area contributed by atoms with Gasteiger partial charge in [-0.25, -0.2) is 4.98 Å². The summed E-state index contributed by atoms with van der Waals surface area (Å²) in [6.45, 7) is 6.01. The van der Waals surface area contributed by atoms with Crippen LogP contribution in [-0.4, -0.2) is 41.0 Å². The normalized spacial score (nSPS) is 20.3. The molecule has 1 aliphatic heterocycles. The molecule has 1 fully saturated rings. The van der Waals surface area contributed by atoms with E-state index in [1.54, 1.807) is 5.51 Å². The van der Waals surface area contributed by atoms with Crippen LogP contribution < -0.4 is 5.32 Å². The first-order chi connectivity index (χ1) is 7.70. The molecule has 1 atom stereocenters. The van der Waals surface area contributed by atoms with Crippen LogP contribution in [0.15, 0.2) is 10.9 Å². The highest BCUT2D eigenvalue weighted by molar-refractivity contribution is 7.07. The Bertz CT molecular complexity index is 344. The Morgan fingerprint density at radius 3 is 3.00 bits per heavy atom. The molecule has 1 aromatic heterocycles.